The Bertz CT molecular complexity index is 761. The van der Waals surface area contributed by atoms with Crippen LogP contribution in [0.15, 0.2) is 27.4 Å². The topological polar surface area (TPSA) is 95.3 Å². The molecule has 6 nitrogen and oxygen atoms in total. The predicted octanol–water partition coefficient (Wildman–Crippen LogP) is 1.61. The van der Waals surface area contributed by atoms with Gasteiger partial charge in [0.1, 0.15) is 5.60 Å². The number of aromatic nitrogens is 1. The fraction of sp³-hybridized carbons (Fsp3) is 0.385. The van der Waals surface area contributed by atoms with Crippen LogP contribution in [0.4, 0.5) is 14.5 Å². The molecule has 112 valence electrons. The fourth-order valence-electron chi connectivity index (χ4n) is 2.28. The monoisotopic (exact) mass is 298 g/mol. The zero-order chi connectivity index (χ0) is 15.3. The number of anilines is 1. The molecule has 1 aromatic carbocycles. The number of nitrogens with one attached hydrogen (secondary N) is 2. The van der Waals surface area contributed by atoms with E-state index < -0.39 is 23.2 Å². The highest BCUT2D eigenvalue weighted by Crippen LogP contribution is 2.44. The first kappa shape index (κ1) is 13.7. The van der Waals surface area contributed by atoms with E-state index in [-0.39, 0.29) is 29.6 Å². The molecule has 0 spiro atoms. The molecule has 1 amide bonds. The van der Waals surface area contributed by atoms with E-state index in [9.17, 15) is 23.5 Å². The molecule has 1 heterocycles. The lowest BCUT2D eigenvalue weighted by atomic mass is 9.75. The van der Waals surface area contributed by atoms with Gasteiger partial charge >= 0.3 is 11.7 Å². The second-order valence-electron chi connectivity index (χ2n) is 5.14. The molecule has 1 aromatic heterocycles. The van der Waals surface area contributed by atoms with Crippen molar-refractivity contribution in [3.63, 3.8) is 0 Å². The number of amides is 1. The number of halogens is 2. The highest BCUT2D eigenvalue weighted by Gasteiger charge is 2.61. The lowest BCUT2D eigenvalue weighted by Crippen LogP contribution is -2.59. The van der Waals surface area contributed by atoms with Gasteiger partial charge in [-0.15, -0.1) is 0 Å². The molecule has 0 aliphatic heterocycles. The van der Waals surface area contributed by atoms with Gasteiger partial charge in [-0.3, -0.25) is 9.78 Å². The second kappa shape index (κ2) is 4.39. The molecule has 8 heteroatoms. The van der Waals surface area contributed by atoms with Crippen LogP contribution >= 0.6 is 0 Å². The molecule has 0 radical (unpaired) electrons. The number of rotatable bonds is 3. The summed E-state index contributed by atoms with van der Waals surface area (Å²) in [5.74, 6) is -6.12. The number of aromatic amines is 1. The number of aliphatic hydroxyl groups is 1. The average Bonchev–Trinajstić information content (AvgIpc) is 2.75. The van der Waals surface area contributed by atoms with Gasteiger partial charge in [0.2, 0.25) is 0 Å². The van der Waals surface area contributed by atoms with Gasteiger partial charge in [0, 0.05) is 5.69 Å². The van der Waals surface area contributed by atoms with Crippen molar-refractivity contribution in [1.82, 2.24) is 4.98 Å². The summed E-state index contributed by atoms with van der Waals surface area (Å²) in [6.45, 7) is 0. The van der Waals surface area contributed by atoms with Gasteiger partial charge in [0.15, 0.2) is 5.58 Å². The summed E-state index contributed by atoms with van der Waals surface area (Å²) in [5.41, 5.74) is -1.66. The molecule has 1 aliphatic rings. The first-order valence-corrected chi connectivity index (χ1v) is 6.36. The summed E-state index contributed by atoms with van der Waals surface area (Å²) in [4.78, 5) is 25.0. The van der Waals surface area contributed by atoms with Crippen molar-refractivity contribution in [2.24, 2.45) is 0 Å². The van der Waals surface area contributed by atoms with Gasteiger partial charge in [0.05, 0.1) is 5.52 Å². The first-order chi connectivity index (χ1) is 9.82. The maximum absolute atomic E-state index is 13.9. The molecule has 0 saturated heterocycles. The van der Waals surface area contributed by atoms with E-state index in [4.69, 9.17) is 4.42 Å². The summed E-state index contributed by atoms with van der Waals surface area (Å²) in [5, 5.41) is 11.7. The first-order valence-electron chi connectivity index (χ1n) is 6.36. The Morgan fingerprint density at radius 3 is 2.76 bits per heavy atom. The van der Waals surface area contributed by atoms with Gasteiger partial charge in [-0.05, 0) is 37.5 Å². The Balaban J connectivity index is 1.84. The highest BCUT2D eigenvalue weighted by atomic mass is 19.3. The third-order valence-corrected chi connectivity index (χ3v) is 3.73. The Labute approximate surface area is 116 Å². The summed E-state index contributed by atoms with van der Waals surface area (Å²) in [7, 11) is 0. The minimum Gasteiger partial charge on any atom is -0.408 e. The molecule has 3 N–H and O–H groups in total. The van der Waals surface area contributed by atoms with Gasteiger partial charge < -0.3 is 14.8 Å². The number of alkyl halides is 2. The molecule has 3 rings (SSSR count). The van der Waals surface area contributed by atoms with E-state index in [1.807, 2.05) is 5.32 Å². The Hall–Kier alpha value is -2.22. The molecular formula is C13H12F2N2O4. The minimum absolute atomic E-state index is 0.0761. The van der Waals surface area contributed by atoms with Crippen LogP contribution in [-0.4, -0.2) is 27.5 Å². The van der Waals surface area contributed by atoms with Gasteiger partial charge in [-0.1, -0.05) is 0 Å². The van der Waals surface area contributed by atoms with Gasteiger partial charge in [-0.2, -0.15) is 8.78 Å². The summed E-state index contributed by atoms with van der Waals surface area (Å²) >= 11 is 0. The van der Waals surface area contributed by atoms with Gasteiger partial charge in [-0.25, -0.2) is 4.79 Å². The summed E-state index contributed by atoms with van der Waals surface area (Å²) < 4.78 is 32.6. The molecule has 0 atom stereocenters. The second-order valence-corrected chi connectivity index (χ2v) is 5.14. The van der Waals surface area contributed by atoms with Crippen LogP contribution in [0, 0.1) is 0 Å². The van der Waals surface area contributed by atoms with E-state index in [0.717, 1.165) is 0 Å². The van der Waals surface area contributed by atoms with Crippen molar-refractivity contribution in [3.05, 3.63) is 28.7 Å². The fourth-order valence-corrected chi connectivity index (χ4v) is 2.28. The average molecular weight is 298 g/mol. The molecule has 1 fully saturated rings. The standard InChI is InChI=1S/C13H12F2N2O4/c14-13(15,12(20)4-1-5-12)10(18)16-7-2-3-9-8(6-7)17-11(19)21-9/h2-3,6,20H,1,4-5H2,(H,16,18)(H,17,19). The number of carbonyl (C=O) groups excluding carboxylic acids is 1. The maximum Gasteiger partial charge on any atom is 0.417 e. The van der Waals surface area contributed by atoms with Crippen molar-refractivity contribution in [2.75, 3.05) is 5.32 Å². The minimum atomic E-state index is -3.87. The van der Waals surface area contributed by atoms with E-state index in [1.165, 1.54) is 18.2 Å². The number of carbonyl (C=O) groups is 1. The van der Waals surface area contributed by atoms with Crippen LogP contribution in [0.1, 0.15) is 19.3 Å². The third-order valence-electron chi connectivity index (χ3n) is 3.73. The van der Waals surface area contributed by atoms with E-state index >= 15 is 0 Å². The molecule has 0 unspecified atom stereocenters. The molecular weight excluding hydrogens is 286 g/mol. The molecule has 1 saturated carbocycles. The molecule has 0 bridgehead atoms. The van der Waals surface area contributed by atoms with Crippen LogP contribution in [0.2, 0.25) is 0 Å². The van der Waals surface area contributed by atoms with Crippen LogP contribution in [-0.2, 0) is 4.79 Å². The number of benzene rings is 1. The van der Waals surface area contributed by atoms with Crippen LogP contribution in [0.5, 0.6) is 0 Å². The normalized spacial score (nSPS) is 17.5. The Morgan fingerprint density at radius 2 is 2.14 bits per heavy atom. The summed E-state index contributed by atoms with van der Waals surface area (Å²) in [6.07, 6.45) is 0.241. The van der Waals surface area contributed by atoms with Crippen molar-refractivity contribution < 1.29 is 23.1 Å². The van der Waals surface area contributed by atoms with Crippen LogP contribution < -0.4 is 11.1 Å². The zero-order valence-electron chi connectivity index (χ0n) is 10.8. The van der Waals surface area contributed by atoms with E-state index in [0.29, 0.717) is 6.42 Å². The molecule has 1 aliphatic carbocycles. The molecule has 21 heavy (non-hydrogen) atoms. The SMILES string of the molecule is O=C(Nc1ccc2oc(=O)[nH]c2c1)C(F)(F)C1(O)CCC1. The third kappa shape index (κ3) is 2.11. The van der Waals surface area contributed by atoms with Crippen LogP contribution in [0.25, 0.3) is 11.1 Å². The smallest absolute Gasteiger partial charge is 0.408 e. The number of H-pyrrole nitrogens is 1. The van der Waals surface area contributed by atoms with Crippen molar-refractivity contribution in [3.8, 4) is 0 Å². The van der Waals surface area contributed by atoms with Crippen molar-refractivity contribution >= 4 is 22.7 Å². The van der Waals surface area contributed by atoms with Crippen molar-refractivity contribution in [2.45, 2.75) is 30.8 Å². The van der Waals surface area contributed by atoms with Crippen molar-refractivity contribution in [1.29, 1.82) is 0 Å². The number of hydrogen-bond acceptors (Lipinski definition) is 4. The van der Waals surface area contributed by atoms with E-state index in [2.05, 4.69) is 4.98 Å². The Morgan fingerprint density at radius 1 is 1.43 bits per heavy atom. The molecule has 2 aromatic rings. The number of hydrogen-bond donors (Lipinski definition) is 3. The maximum atomic E-state index is 13.9. The van der Waals surface area contributed by atoms with Crippen LogP contribution in [0.3, 0.4) is 0 Å². The number of fused-ring (bicyclic) bond motifs is 1. The highest BCUT2D eigenvalue weighted by molar-refractivity contribution is 5.98. The quantitative estimate of drug-likeness (QED) is 0.802. The Kier molecular flexibility index (Phi) is 2.87. The lowest BCUT2D eigenvalue weighted by molar-refractivity contribution is -0.212. The number of oxazole rings is 1. The predicted molar refractivity (Wildman–Crippen MR) is 69.2 cm³/mol. The lowest BCUT2D eigenvalue weighted by Gasteiger charge is -2.41. The largest absolute Gasteiger partial charge is 0.417 e. The zero-order valence-corrected chi connectivity index (χ0v) is 10.8. The summed E-state index contributed by atoms with van der Waals surface area (Å²) in [6, 6.07) is 4.01. The van der Waals surface area contributed by atoms with E-state index in [1.54, 1.807) is 0 Å². The van der Waals surface area contributed by atoms with Gasteiger partial charge in [0.25, 0.3) is 5.91 Å².